The van der Waals surface area contributed by atoms with Crippen molar-refractivity contribution in [2.45, 2.75) is 20.0 Å². The molecular weight excluding hydrogens is 394 g/mol. The van der Waals surface area contributed by atoms with Crippen LogP contribution in [0.2, 0.25) is 0 Å². The number of esters is 1. The number of amides is 1. The van der Waals surface area contributed by atoms with Crippen molar-refractivity contribution < 1.29 is 23.1 Å². The molecule has 0 aliphatic carbocycles. The quantitative estimate of drug-likeness (QED) is 0.625. The van der Waals surface area contributed by atoms with Crippen molar-refractivity contribution in [1.29, 1.82) is 0 Å². The molecule has 0 saturated heterocycles. The van der Waals surface area contributed by atoms with Gasteiger partial charge < -0.3 is 4.74 Å². The topological polar surface area (TPSA) is 68.3 Å². The van der Waals surface area contributed by atoms with Crippen LogP contribution in [-0.2, 0) is 9.53 Å². The van der Waals surface area contributed by atoms with E-state index in [1.165, 1.54) is 24.3 Å². The number of aryl methyl sites for hydroxylation is 1. The van der Waals surface area contributed by atoms with Gasteiger partial charge in [0.1, 0.15) is 4.88 Å². The molecule has 0 radical (unpaired) electrons. The number of anilines is 1. The standard InChI is InChI=1S/C18H14F2N2O3S2/c1-9-5-6-26-15(9)17(24)25-10(2)16(23)22-18-21-14(8-27-18)11-3-4-12(19)13(20)7-11/h3-8,10H,1-2H3,(H,21,22,23)/t10-/m0/s1. The average Bonchev–Trinajstić information content (AvgIpc) is 3.26. The molecule has 3 rings (SSSR count). The summed E-state index contributed by atoms with van der Waals surface area (Å²) in [7, 11) is 0. The van der Waals surface area contributed by atoms with Gasteiger partial charge in [0.15, 0.2) is 22.9 Å². The lowest BCUT2D eigenvalue weighted by Crippen LogP contribution is -2.29. The second-order valence-electron chi connectivity index (χ2n) is 5.64. The first-order valence-corrected chi connectivity index (χ1v) is 9.58. The molecule has 27 heavy (non-hydrogen) atoms. The van der Waals surface area contributed by atoms with Gasteiger partial charge in [-0.2, -0.15) is 0 Å². The van der Waals surface area contributed by atoms with Crippen LogP contribution in [0.1, 0.15) is 22.2 Å². The van der Waals surface area contributed by atoms with Crippen LogP contribution in [-0.4, -0.2) is 23.0 Å². The lowest BCUT2D eigenvalue weighted by atomic mass is 10.2. The first-order valence-electron chi connectivity index (χ1n) is 7.82. The lowest BCUT2D eigenvalue weighted by Gasteiger charge is -2.12. The largest absolute Gasteiger partial charge is 0.448 e. The van der Waals surface area contributed by atoms with E-state index in [1.54, 1.807) is 23.8 Å². The third-order valence-corrected chi connectivity index (χ3v) is 5.40. The number of nitrogens with one attached hydrogen (secondary N) is 1. The predicted molar refractivity (Wildman–Crippen MR) is 100 cm³/mol. The predicted octanol–water partition coefficient (Wildman–Crippen LogP) is 4.64. The Morgan fingerprint density at radius 2 is 1.96 bits per heavy atom. The molecule has 0 spiro atoms. The summed E-state index contributed by atoms with van der Waals surface area (Å²) in [5, 5.41) is 6.18. The van der Waals surface area contributed by atoms with E-state index in [2.05, 4.69) is 10.3 Å². The monoisotopic (exact) mass is 408 g/mol. The normalized spacial score (nSPS) is 11.9. The highest BCUT2D eigenvalue weighted by Gasteiger charge is 2.22. The average molecular weight is 408 g/mol. The number of halogens is 2. The van der Waals surface area contributed by atoms with Crippen LogP contribution in [0.5, 0.6) is 0 Å². The fourth-order valence-electron chi connectivity index (χ4n) is 2.18. The minimum absolute atomic E-state index is 0.259. The van der Waals surface area contributed by atoms with Crippen molar-refractivity contribution in [3.63, 3.8) is 0 Å². The Hall–Kier alpha value is -2.65. The Labute approximate surface area is 161 Å². The summed E-state index contributed by atoms with van der Waals surface area (Å²) in [4.78, 5) is 28.9. The summed E-state index contributed by atoms with van der Waals surface area (Å²) in [6.07, 6.45) is -1.02. The van der Waals surface area contributed by atoms with Crippen molar-refractivity contribution in [2.75, 3.05) is 5.32 Å². The molecule has 0 aliphatic heterocycles. The smallest absolute Gasteiger partial charge is 0.349 e. The fraction of sp³-hybridized carbons (Fsp3) is 0.167. The van der Waals surface area contributed by atoms with Crippen molar-refractivity contribution in [3.05, 3.63) is 57.1 Å². The molecule has 0 fully saturated rings. The van der Waals surface area contributed by atoms with E-state index in [0.29, 0.717) is 16.1 Å². The van der Waals surface area contributed by atoms with E-state index in [1.807, 2.05) is 0 Å². The maximum absolute atomic E-state index is 13.3. The van der Waals surface area contributed by atoms with Crippen LogP contribution in [0.15, 0.2) is 35.0 Å². The van der Waals surface area contributed by atoms with Crippen molar-refractivity contribution in [1.82, 2.24) is 4.98 Å². The van der Waals surface area contributed by atoms with Gasteiger partial charge in [0.2, 0.25) is 0 Å². The first kappa shape index (κ1) is 19.1. The number of carbonyl (C=O) groups excluding carboxylic acids is 2. The first-order chi connectivity index (χ1) is 12.8. The molecule has 140 valence electrons. The van der Waals surface area contributed by atoms with E-state index >= 15 is 0 Å². The van der Waals surface area contributed by atoms with Crippen LogP contribution in [0.25, 0.3) is 11.3 Å². The molecule has 1 atom stereocenters. The molecular formula is C18H14F2N2O3S2. The van der Waals surface area contributed by atoms with Gasteiger partial charge in [-0.05, 0) is 49.1 Å². The summed E-state index contributed by atoms with van der Waals surface area (Å²) in [6, 6.07) is 5.23. The highest BCUT2D eigenvalue weighted by atomic mass is 32.1. The maximum Gasteiger partial charge on any atom is 0.349 e. The number of hydrogen-bond acceptors (Lipinski definition) is 6. The van der Waals surface area contributed by atoms with E-state index in [0.717, 1.165) is 29.0 Å². The Morgan fingerprint density at radius 1 is 1.19 bits per heavy atom. The SMILES string of the molecule is Cc1ccsc1C(=O)O[C@@H](C)C(=O)Nc1nc(-c2ccc(F)c(F)c2)cs1. The minimum atomic E-state index is -1.02. The summed E-state index contributed by atoms with van der Waals surface area (Å²) < 4.78 is 31.5. The van der Waals surface area contributed by atoms with Gasteiger partial charge in [0.05, 0.1) is 5.69 Å². The molecule has 1 aromatic carbocycles. The number of carbonyl (C=O) groups is 2. The zero-order valence-corrected chi connectivity index (χ0v) is 15.9. The van der Waals surface area contributed by atoms with Gasteiger partial charge in [-0.1, -0.05) is 0 Å². The molecule has 0 saturated carbocycles. The molecule has 2 aromatic heterocycles. The van der Waals surface area contributed by atoms with Crippen LogP contribution < -0.4 is 5.32 Å². The summed E-state index contributed by atoms with van der Waals surface area (Å²) >= 11 is 2.37. The van der Waals surface area contributed by atoms with Crippen molar-refractivity contribution in [2.24, 2.45) is 0 Å². The van der Waals surface area contributed by atoms with Crippen LogP contribution in [0, 0.1) is 18.6 Å². The molecule has 1 N–H and O–H groups in total. The number of nitrogens with zero attached hydrogens (tertiary/aromatic N) is 1. The van der Waals surface area contributed by atoms with E-state index < -0.39 is 29.6 Å². The highest BCUT2D eigenvalue weighted by molar-refractivity contribution is 7.14. The number of hydrogen-bond donors (Lipinski definition) is 1. The Balaban J connectivity index is 1.64. The minimum Gasteiger partial charge on any atom is -0.448 e. The number of thiophene rings is 1. The van der Waals surface area contributed by atoms with Gasteiger partial charge in [0, 0.05) is 10.9 Å². The molecule has 0 aliphatic rings. The summed E-state index contributed by atoms with van der Waals surface area (Å²) in [6.45, 7) is 3.24. The van der Waals surface area contributed by atoms with Gasteiger partial charge in [-0.25, -0.2) is 18.6 Å². The zero-order valence-electron chi connectivity index (χ0n) is 14.3. The fourth-order valence-corrected chi connectivity index (χ4v) is 3.70. The van der Waals surface area contributed by atoms with Crippen LogP contribution in [0.3, 0.4) is 0 Å². The number of aromatic nitrogens is 1. The molecule has 5 nitrogen and oxygen atoms in total. The maximum atomic E-state index is 13.3. The van der Waals surface area contributed by atoms with Gasteiger partial charge in [-0.3, -0.25) is 10.1 Å². The molecule has 1 amide bonds. The third-order valence-electron chi connectivity index (χ3n) is 3.65. The molecule has 2 heterocycles. The Kier molecular flexibility index (Phi) is 5.62. The van der Waals surface area contributed by atoms with Crippen LogP contribution in [0.4, 0.5) is 13.9 Å². The second kappa shape index (κ2) is 7.93. The molecule has 9 heteroatoms. The van der Waals surface area contributed by atoms with E-state index in [-0.39, 0.29) is 5.13 Å². The van der Waals surface area contributed by atoms with Gasteiger partial charge in [0.25, 0.3) is 5.91 Å². The molecule has 0 unspecified atom stereocenters. The van der Waals surface area contributed by atoms with E-state index in [4.69, 9.17) is 4.74 Å². The zero-order chi connectivity index (χ0) is 19.6. The van der Waals surface area contributed by atoms with Gasteiger partial charge in [-0.15, -0.1) is 22.7 Å². The summed E-state index contributed by atoms with van der Waals surface area (Å²) in [5.74, 6) is -3.02. The lowest BCUT2D eigenvalue weighted by molar-refractivity contribution is -0.123. The van der Waals surface area contributed by atoms with Crippen molar-refractivity contribution in [3.8, 4) is 11.3 Å². The Bertz CT molecular complexity index is 1000. The molecule has 3 aromatic rings. The number of rotatable bonds is 5. The van der Waals surface area contributed by atoms with Crippen molar-refractivity contribution >= 4 is 39.7 Å². The number of benzene rings is 1. The highest BCUT2D eigenvalue weighted by Crippen LogP contribution is 2.26. The summed E-state index contributed by atoms with van der Waals surface area (Å²) in [5.41, 5.74) is 1.57. The van der Waals surface area contributed by atoms with Gasteiger partial charge >= 0.3 is 5.97 Å². The van der Waals surface area contributed by atoms with Crippen LogP contribution >= 0.6 is 22.7 Å². The number of ether oxygens (including phenoxy) is 1. The molecule has 0 bridgehead atoms. The second-order valence-corrected chi connectivity index (χ2v) is 7.41. The Morgan fingerprint density at radius 3 is 2.63 bits per heavy atom. The third kappa shape index (κ3) is 4.37. The van der Waals surface area contributed by atoms with E-state index in [9.17, 15) is 18.4 Å². The number of thiazole rings is 1.